The minimum absolute atomic E-state index is 0.237. The van der Waals surface area contributed by atoms with Crippen LogP contribution in [0.25, 0.3) is 0 Å². The lowest BCUT2D eigenvalue weighted by Gasteiger charge is -1.93. The SMILES string of the molecule is CSCCC(=O)C(=O)CO. The van der Waals surface area contributed by atoms with Gasteiger partial charge in [-0.25, -0.2) is 0 Å². The van der Waals surface area contributed by atoms with Crippen LogP contribution in [0, 0.1) is 0 Å². The first-order chi connectivity index (χ1) is 4.72. The van der Waals surface area contributed by atoms with Gasteiger partial charge in [0.15, 0.2) is 0 Å². The van der Waals surface area contributed by atoms with E-state index in [0.717, 1.165) is 0 Å². The monoisotopic (exact) mass is 162 g/mol. The van der Waals surface area contributed by atoms with Crippen LogP contribution >= 0.6 is 11.8 Å². The molecule has 0 bridgehead atoms. The van der Waals surface area contributed by atoms with Crippen molar-refractivity contribution in [3.8, 4) is 0 Å². The minimum Gasteiger partial charge on any atom is -0.388 e. The van der Waals surface area contributed by atoms with E-state index in [1.54, 1.807) is 0 Å². The number of carbonyl (C=O) groups excluding carboxylic acids is 2. The van der Waals surface area contributed by atoms with Crippen molar-refractivity contribution in [3.63, 3.8) is 0 Å². The normalized spacial score (nSPS) is 9.40. The molecule has 0 heterocycles. The third-order valence-corrected chi connectivity index (χ3v) is 1.60. The number of hydrogen-bond acceptors (Lipinski definition) is 4. The smallest absolute Gasteiger partial charge is 0.223 e. The molecule has 0 aromatic carbocycles. The number of hydrogen-bond donors (Lipinski definition) is 1. The van der Waals surface area contributed by atoms with E-state index < -0.39 is 18.2 Å². The predicted molar refractivity (Wildman–Crippen MR) is 40.1 cm³/mol. The zero-order chi connectivity index (χ0) is 7.98. The first-order valence-corrected chi connectivity index (χ1v) is 4.27. The number of ketones is 2. The summed E-state index contributed by atoms with van der Waals surface area (Å²) < 4.78 is 0. The van der Waals surface area contributed by atoms with E-state index in [1.165, 1.54) is 11.8 Å². The molecule has 0 aliphatic heterocycles. The van der Waals surface area contributed by atoms with Crippen LogP contribution in [0.1, 0.15) is 6.42 Å². The van der Waals surface area contributed by atoms with Crippen molar-refractivity contribution in [1.82, 2.24) is 0 Å². The van der Waals surface area contributed by atoms with Gasteiger partial charge in [0, 0.05) is 12.2 Å². The Morgan fingerprint density at radius 1 is 1.40 bits per heavy atom. The maximum Gasteiger partial charge on any atom is 0.223 e. The molecule has 0 saturated heterocycles. The molecule has 0 saturated carbocycles. The lowest BCUT2D eigenvalue weighted by atomic mass is 10.2. The lowest BCUT2D eigenvalue weighted by Crippen LogP contribution is -2.17. The van der Waals surface area contributed by atoms with E-state index in [2.05, 4.69) is 0 Å². The molecule has 0 aromatic rings. The average molecular weight is 162 g/mol. The number of Topliss-reactive ketones (excluding diaryl/α,β-unsaturated/α-hetero) is 2. The van der Waals surface area contributed by atoms with Gasteiger partial charge in [0.1, 0.15) is 6.61 Å². The summed E-state index contributed by atoms with van der Waals surface area (Å²) in [5.74, 6) is -0.518. The zero-order valence-corrected chi connectivity index (χ0v) is 6.61. The van der Waals surface area contributed by atoms with Gasteiger partial charge < -0.3 is 5.11 Å². The van der Waals surface area contributed by atoms with Crippen LogP contribution in [0.5, 0.6) is 0 Å². The molecule has 0 unspecified atom stereocenters. The summed E-state index contributed by atoms with van der Waals surface area (Å²) in [7, 11) is 0. The van der Waals surface area contributed by atoms with Gasteiger partial charge in [0.05, 0.1) is 0 Å². The Bertz CT molecular complexity index is 133. The van der Waals surface area contributed by atoms with Gasteiger partial charge in [-0.2, -0.15) is 11.8 Å². The van der Waals surface area contributed by atoms with E-state index in [-0.39, 0.29) is 6.42 Å². The summed E-state index contributed by atoms with van der Waals surface area (Å²) in [6.07, 6.45) is 2.09. The van der Waals surface area contributed by atoms with E-state index in [1.807, 2.05) is 6.26 Å². The summed E-state index contributed by atoms with van der Waals surface area (Å²) in [4.78, 5) is 21.0. The van der Waals surface area contributed by atoms with Gasteiger partial charge in [-0.05, 0) is 6.26 Å². The maximum absolute atomic E-state index is 10.6. The van der Waals surface area contributed by atoms with Crippen LogP contribution in [0.4, 0.5) is 0 Å². The molecule has 0 spiro atoms. The quantitative estimate of drug-likeness (QED) is 0.572. The Labute approximate surface area is 63.8 Å². The van der Waals surface area contributed by atoms with Gasteiger partial charge in [-0.1, -0.05) is 0 Å². The number of rotatable bonds is 5. The summed E-state index contributed by atoms with van der Waals surface area (Å²) in [6, 6.07) is 0. The molecular formula is C6H10O3S. The van der Waals surface area contributed by atoms with E-state index in [9.17, 15) is 9.59 Å². The molecule has 0 aliphatic carbocycles. The highest BCUT2D eigenvalue weighted by Gasteiger charge is 2.10. The molecular weight excluding hydrogens is 152 g/mol. The van der Waals surface area contributed by atoms with Crippen LogP contribution in [0.3, 0.4) is 0 Å². The van der Waals surface area contributed by atoms with Gasteiger partial charge in [-0.3, -0.25) is 9.59 Å². The second kappa shape index (κ2) is 5.44. The standard InChI is InChI=1S/C6H10O3S/c1-10-3-2-5(8)6(9)4-7/h7H,2-4H2,1H3. The summed E-state index contributed by atoms with van der Waals surface area (Å²) in [5.41, 5.74) is 0. The molecule has 1 N–H and O–H groups in total. The van der Waals surface area contributed by atoms with Crippen molar-refractivity contribution in [2.45, 2.75) is 6.42 Å². The second-order valence-corrected chi connectivity index (χ2v) is 2.73. The number of aliphatic hydroxyl groups is 1. The number of aliphatic hydroxyl groups excluding tert-OH is 1. The summed E-state index contributed by atoms with van der Waals surface area (Å²) in [6.45, 7) is -0.660. The highest BCUT2D eigenvalue weighted by Crippen LogP contribution is 1.96. The van der Waals surface area contributed by atoms with Crippen LogP contribution in [0.15, 0.2) is 0 Å². The Balaban J connectivity index is 3.52. The van der Waals surface area contributed by atoms with Crippen molar-refractivity contribution in [3.05, 3.63) is 0 Å². The molecule has 0 radical (unpaired) electrons. The molecule has 0 aliphatic rings. The van der Waals surface area contributed by atoms with Crippen LogP contribution in [0.2, 0.25) is 0 Å². The third kappa shape index (κ3) is 3.63. The molecule has 4 heteroatoms. The van der Waals surface area contributed by atoms with Crippen molar-refractivity contribution in [2.75, 3.05) is 18.6 Å². The topological polar surface area (TPSA) is 54.4 Å². The van der Waals surface area contributed by atoms with Crippen molar-refractivity contribution in [1.29, 1.82) is 0 Å². The van der Waals surface area contributed by atoms with E-state index >= 15 is 0 Å². The highest BCUT2D eigenvalue weighted by molar-refractivity contribution is 7.98. The van der Waals surface area contributed by atoms with Gasteiger partial charge >= 0.3 is 0 Å². The average Bonchev–Trinajstić information content (AvgIpc) is 1.98. The number of thioether (sulfide) groups is 1. The summed E-state index contributed by atoms with van der Waals surface area (Å²) in [5, 5.41) is 8.23. The summed E-state index contributed by atoms with van der Waals surface area (Å²) >= 11 is 1.50. The second-order valence-electron chi connectivity index (χ2n) is 1.75. The molecule has 0 atom stereocenters. The maximum atomic E-state index is 10.6. The largest absolute Gasteiger partial charge is 0.388 e. The van der Waals surface area contributed by atoms with Crippen molar-refractivity contribution >= 4 is 23.3 Å². The third-order valence-electron chi connectivity index (χ3n) is 0.988. The first-order valence-electron chi connectivity index (χ1n) is 2.88. The fraction of sp³-hybridized carbons (Fsp3) is 0.667. The molecule has 0 rings (SSSR count). The van der Waals surface area contributed by atoms with Gasteiger partial charge in [0.25, 0.3) is 0 Å². The van der Waals surface area contributed by atoms with E-state index in [4.69, 9.17) is 5.11 Å². The molecule has 0 fully saturated rings. The lowest BCUT2D eigenvalue weighted by molar-refractivity contribution is -0.137. The van der Waals surface area contributed by atoms with Gasteiger partial charge in [0.2, 0.25) is 11.6 Å². The Morgan fingerprint density at radius 3 is 2.40 bits per heavy atom. The fourth-order valence-corrected chi connectivity index (χ4v) is 0.812. The fourth-order valence-electron chi connectivity index (χ4n) is 0.422. The Morgan fingerprint density at radius 2 is 2.00 bits per heavy atom. The van der Waals surface area contributed by atoms with Crippen molar-refractivity contribution < 1.29 is 14.7 Å². The van der Waals surface area contributed by atoms with Gasteiger partial charge in [-0.15, -0.1) is 0 Å². The van der Waals surface area contributed by atoms with Crippen LogP contribution < -0.4 is 0 Å². The minimum atomic E-state index is -0.686. The number of carbonyl (C=O) groups is 2. The van der Waals surface area contributed by atoms with Crippen molar-refractivity contribution in [2.24, 2.45) is 0 Å². The Hall–Kier alpha value is -0.350. The molecule has 3 nitrogen and oxygen atoms in total. The van der Waals surface area contributed by atoms with Crippen LogP contribution in [-0.2, 0) is 9.59 Å². The molecule has 0 aromatic heterocycles. The Kier molecular flexibility index (Phi) is 5.25. The highest BCUT2D eigenvalue weighted by atomic mass is 32.2. The first kappa shape index (κ1) is 9.65. The molecule has 10 heavy (non-hydrogen) atoms. The molecule has 0 amide bonds. The van der Waals surface area contributed by atoms with Crippen LogP contribution in [-0.4, -0.2) is 35.3 Å². The van der Waals surface area contributed by atoms with E-state index in [0.29, 0.717) is 5.75 Å². The zero-order valence-electron chi connectivity index (χ0n) is 5.79. The predicted octanol–water partition coefficient (Wildman–Crippen LogP) is -0.130. The molecule has 58 valence electrons.